The normalized spacial score (nSPS) is 16.8. The zero-order valence-corrected chi connectivity index (χ0v) is 16.8. The summed E-state index contributed by atoms with van der Waals surface area (Å²) in [4.78, 5) is 16.3. The first kappa shape index (κ1) is 19.9. The van der Waals surface area contributed by atoms with E-state index in [0.717, 1.165) is 29.7 Å². The van der Waals surface area contributed by atoms with Crippen LogP contribution in [0.15, 0.2) is 29.6 Å². The van der Waals surface area contributed by atoms with Crippen LogP contribution in [0.3, 0.4) is 0 Å². The SMILES string of the molecule is COC(=O)c1ccc(C2(c3nc(COS(C)(=O)=O)cs3)CCOCC2)cc1. The Balaban J connectivity index is 1.91. The molecule has 2 heterocycles. The summed E-state index contributed by atoms with van der Waals surface area (Å²) in [5.74, 6) is -0.378. The highest BCUT2D eigenvalue weighted by molar-refractivity contribution is 7.85. The molecule has 0 saturated carbocycles. The van der Waals surface area contributed by atoms with E-state index in [-0.39, 0.29) is 18.0 Å². The molecule has 0 N–H and O–H groups in total. The Morgan fingerprint density at radius 1 is 1.26 bits per heavy atom. The van der Waals surface area contributed by atoms with Gasteiger partial charge in [-0.25, -0.2) is 9.78 Å². The minimum absolute atomic E-state index is 0.0802. The second-order valence-electron chi connectivity index (χ2n) is 6.37. The number of nitrogens with zero attached hydrogens (tertiary/aromatic N) is 1. The third kappa shape index (κ3) is 4.55. The molecular formula is C18H21NO6S2. The maximum Gasteiger partial charge on any atom is 0.337 e. The van der Waals surface area contributed by atoms with E-state index < -0.39 is 10.1 Å². The van der Waals surface area contributed by atoms with Crippen LogP contribution in [0.4, 0.5) is 0 Å². The number of hydrogen-bond acceptors (Lipinski definition) is 8. The summed E-state index contributed by atoms with van der Waals surface area (Å²) in [5.41, 5.74) is 1.78. The zero-order chi connectivity index (χ0) is 19.5. The second-order valence-corrected chi connectivity index (χ2v) is 8.88. The van der Waals surface area contributed by atoms with Gasteiger partial charge < -0.3 is 9.47 Å². The van der Waals surface area contributed by atoms with E-state index in [4.69, 9.17) is 13.7 Å². The number of rotatable bonds is 6. The van der Waals surface area contributed by atoms with E-state index >= 15 is 0 Å². The molecule has 0 radical (unpaired) electrons. The van der Waals surface area contributed by atoms with Crippen molar-refractivity contribution < 1.29 is 26.9 Å². The first-order valence-electron chi connectivity index (χ1n) is 8.40. The number of ether oxygens (including phenoxy) is 2. The Morgan fingerprint density at radius 2 is 1.93 bits per heavy atom. The third-order valence-electron chi connectivity index (χ3n) is 4.59. The molecule has 0 aliphatic carbocycles. The summed E-state index contributed by atoms with van der Waals surface area (Å²) in [5, 5.41) is 2.71. The lowest BCUT2D eigenvalue weighted by Crippen LogP contribution is -2.35. The van der Waals surface area contributed by atoms with Gasteiger partial charge in [0.25, 0.3) is 10.1 Å². The molecular weight excluding hydrogens is 390 g/mol. The number of thiazole rings is 1. The standard InChI is InChI=1S/C18H21NO6S2/c1-23-16(20)13-3-5-14(6-4-13)18(7-9-24-10-8-18)17-19-15(12-26-17)11-25-27(2,21)22/h3-6,12H,7-11H2,1-2H3. The quantitative estimate of drug-likeness (QED) is 0.533. The van der Waals surface area contributed by atoms with E-state index in [9.17, 15) is 13.2 Å². The van der Waals surface area contributed by atoms with Crippen LogP contribution in [0.1, 0.15) is 39.5 Å². The van der Waals surface area contributed by atoms with E-state index in [1.807, 2.05) is 17.5 Å². The monoisotopic (exact) mass is 411 g/mol. The number of carbonyl (C=O) groups excluding carboxylic acids is 1. The Morgan fingerprint density at radius 3 is 2.52 bits per heavy atom. The molecule has 0 atom stereocenters. The molecule has 0 spiro atoms. The summed E-state index contributed by atoms with van der Waals surface area (Å²) in [6.45, 7) is 1.13. The number of benzene rings is 1. The maximum absolute atomic E-state index is 11.7. The highest BCUT2D eigenvalue weighted by Crippen LogP contribution is 2.42. The maximum atomic E-state index is 11.7. The molecule has 9 heteroatoms. The van der Waals surface area contributed by atoms with Gasteiger partial charge in [0.15, 0.2) is 0 Å². The van der Waals surface area contributed by atoms with E-state index in [1.165, 1.54) is 18.4 Å². The van der Waals surface area contributed by atoms with Crippen molar-refractivity contribution in [3.8, 4) is 0 Å². The summed E-state index contributed by atoms with van der Waals surface area (Å²) < 4.78 is 37.6. The Hall–Kier alpha value is -1.81. The lowest BCUT2D eigenvalue weighted by atomic mass is 9.74. The van der Waals surface area contributed by atoms with E-state index in [0.29, 0.717) is 24.5 Å². The Bertz CT molecular complexity index is 898. The van der Waals surface area contributed by atoms with Crippen LogP contribution in [-0.4, -0.2) is 46.0 Å². The highest BCUT2D eigenvalue weighted by atomic mass is 32.2. The van der Waals surface area contributed by atoms with Crippen molar-refractivity contribution >= 4 is 27.4 Å². The fraction of sp³-hybridized carbons (Fsp3) is 0.444. The second kappa shape index (κ2) is 8.05. The van der Waals surface area contributed by atoms with Crippen LogP contribution < -0.4 is 0 Å². The van der Waals surface area contributed by atoms with Gasteiger partial charge in [0.2, 0.25) is 0 Å². The highest BCUT2D eigenvalue weighted by Gasteiger charge is 2.39. The van der Waals surface area contributed by atoms with Crippen LogP contribution in [0.25, 0.3) is 0 Å². The molecule has 0 unspecified atom stereocenters. The van der Waals surface area contributed by atoms with Crippen molar-refractivity contribution in [1.29, 1.82) is 0 Å². The number of hydrogen-bond donors (Lipinski definition) is 0. The van der Waals surface area contributed by atoms with Crippen molar-refractivity contribution in [3.05, 3.63) is 51.5 Å². The van der Waals surface area contributed by atoms with Gasteiger partial charge in [0, 0.05) is 18.6 Å². The van der Waals surface area contributed by atoms with Crippen LogP contribution in [0.5, 0.6) is 0 Å². The molecule has 1 aromatic carbocycles. The molecule has 2 aromatic rings. The molecule has 1 aromatic heterocycles. The molecule has 1 saturated heterocycles. The smallest absolute Gasteiger partial charge is 0.337 e. The molecule has 0 bridgehead atoms. The van der Waals surface area contributed by atoms with E-state index in [1.54, 1.807) is 12.1 Å². The molecule has 146 valence electrons. The number of aromatic nitrogens is 1. The average Bonchev–Trinajstić information content (AvgIpc) is 3.15. The van der Waals surface area contributed by atoms with E-state index in [2.05, 4.69) is 4.98 Å². The van der Waals surface area contributed by atoms with Gasteiger partial charge in [-0.15, -0.1) is 11.3 Å². The zero-order valence-electron chi connectivity index (χ0n) is 15.1. The molecule has 1 aliphatic rings. The number of esters is 1. The van der Waals surface area contributed by atoms with Gasteiger partial charge >= 0.3 is 5.97 Å². The molecule has 0 amide bonds. The number of carbonyl (C=O) groups is 1. The third-order valence-corrected chi connectivity index (χ3v) is 6.23. The largest absolute Gasteiger partial charge is 0.465 e. The van der Waals surface area contributed by atoms with Crippen molar-refractivity contribution in [2.75, 3.05) is 26.6 Å². The topological polar surface area (TPSA) is 91.8 Å². The van der Waals surface area contributed by atoms with Crippen LogP contribution in [0.2, 0.25) is 0 Å². The van der Waals surface area contributed by atoms with Crippen molar-refractivity contribution in [3.63, 3.8) is 0 Å². The van der Waals surface area contributed by atoms with Gasteiger partial charge in [0.1, 0.15) is 11.6 Å². The molecule has 7 nitrogen and oxygen atoms in total. The Kier molecular flexibility index (Phi) is 5.95. The first-order valence-corrected chi connectivity index (χ1v) is 11.1. The minimum atomic E-state index is -3.52. The van der Waals surface area contributed by atoms with Crippen molar-refractivity contribution in [1.82, 2.24) is 4.98 Å². The van der Waals surface area contributed by atoms with Crippen molar-refractivity contribution in [2.24, 2.45) is 0 Å². The van der Waals surface area contributed by atoms with Crippen LogP contribution >= 0.6 is 11.3 Å². The van der Waals surface area contributed by atoms with Gasteiger partial charge in [-0.3, -0.25) is 4.18 Å². The Labute approximate surface area is 162 Å². The number of methoxy groups -OCH3 is 1. The lowest BCUT2D eigenvalue weighted by molar-refractivity contribution is 0.0597. The summed E-state index contributed by atoms with van der Waals surface area (Å²) in [7, 11) is -2.17. The summed E-state index contributed by atoms with van der Waals surface area (Å²) in [6.07, 6.45) is 2.53. The minimum Gasteiger partial charge on any atom is -0.465 e. The van der Waals surface area contributed by atoms with Gasteiger partial charge in [-0.1, -0.05) is 12.1 Å². The molecule has 3 rings (SSSR count). The molecule has 1 aliphatic heterocycles. The fourth-order valence-corrected chi connectivity index (χ4v) is 4.57. The van der Waals surface area contributed by atoms with Crippen LogP contribution in [0, 0.1) is 0 Å². The molecule has 1 fully saturated rings. The summed E-state index contributed by atoms with van der Waals surface area (Å²) >= 11 is 1.48. The fourth-order valence-electron chi connectivity index (χ4n) is 3.15. The van der Waals surface area contributed by atoms with Gasteiger partial charge in [0.05, 0.1) is 30.0 Å². The van der Waals surface area contributed by atoms with Crippen LogP contribution in [-0.2, 0) is 35.8 Å². The average molecular weight is 412 g/mol. The van der Waals surface area contributed by atoms with Gasteiger partial charge in [-0.2, -0.15) is 8.42 Å². The summed E-state index contributed by atoms with van der Waals surface area (Å²) in [6, 6.07) is 7.34. The molecule has 27 heavy (non-hydrogen) atoms. The first-order chi connectivity index (χ1) is 12.8. The predicted molar refractivity (Wildman–Crippen MR) is 100 cm³/mol. The van der Waals surface area contributed by atoms with Gasteiger partial charge in [-0.05, 0) is 30.5 Å². The predicted octanol–water partition coefficient (Wildman–Crippen LogP) is 2.50. The van der Waals surface area contributed by atoms with Crippen molar-refractivity contribution in [2.45, 2.75) is 24.9 Å². The lowest BCUT2D eigenvalue weighted by Gasteiger charge is -2.36.